The Hall–Kier alpha value is -3.45. The number of carbonyl (C=O) groups excluding carboxylic acids is 2. The van der Waals surface area contributed by atoms with Gasteiger partial charge in [0, 0.05) is 31.7 Å². The number of piperazine rings is 1. The fourth-order valence-corrected chi connectivity index (χ4v) is 6.09. The molecule has 0 atom stereocenters. The predicted octanol–water partition coefficient (Wildman–Crippen LogP) is 4.84. The van der Waals surface area contributed by atoms with E-state index in [4.69, 9.17) is 0 Å². The lowest BCUT2D eigenvalue weighted by Gasteiger charge is -2.35. The number of hydrogen-bond donors (Lipinski definition) is 0. The molecule has 0 saturated carbocycles. The molecule has 7 heteroatoms. The van der Waals surface area contributed by atoms with Crippen LogP contribution >= 0.6 is 0 Å². The minimum atomic E-state index is -3.62. The molecule has 2 amide bonds. The van der Waals surface area contributed by atoms with Gasteiger partial charge in [-0.2, -0.15) is 0 Å². The van der Waals surface area contributed by atoms with E-state index in [0.29, 0.717) is 38.2 Å². The van der Waals surface area contributed by atoms with Crippen LogP contribution in [0.15, 0.2) is 77.7 Å². The summed E-state index contributed by atoms with van der Waals surface area (Å²) in [5.74, 6) is -0.263. The summed E-state index contributed by atoms with van der Waals surface area (Å²) in [7, 11) is -3.62. The molecule has 38 heavy (non-hydrogen) atoms. The van der Waals surface area contributed by atoms with Crippen molar-refractivity contribution in [3.8, 4) is 0 Å². The van der Waals surface area contributed by atoms with Gasteiger partial charge in [0.1, 0.15) is 0 Å². The first-order valence-corrected chi connectivity index (χ1v) is 14.9. The van der Waals surface area contributed by atoms with E-state index in [1.165, 1.54) is 11.6 Å². The van der Waals surface area contributed by atoms with Gasteiger partial charge in [-0.15, -0.1) is 0 Å². The average Bonchev–Trinajstić information content (AvgIpc) is 2.93. The van der Waals surface area contributed by atoms with Crippen molar-refractivity contribution in [1.82, 2.24) is 9.80 Å². The standard InChI is InChI=1S/C31H36N2O4S/c1-3-4-8-25-12-14-27(15-13-25)23-38(36,37)28-16-11-24(2)29(22-28)31(35)33-19-17-32(18-20-33)30(34)21-26-9-6-5-7-10-26/h5-7,9-16,22H,3-4,8,17-21,23H2,1-2H3. The minimum Gasteiger partial charge on any atom is -0.339 e. The van der Waals surface area contributed by atoms with Crippen molar-refractivity contribution in [3.63, 3.8) is 0 Å². The van der Waals surface area contributed by atoms with E-state index in [-0.39, 0.29) is 22.5 Å². The van der Waals surface area contributed by atoms with Gasteiger partial charge in [0.05, 0.1) is 17.1 Å². The van der Waals surface area contributed by atoms with Gasteiger partial charge < -0.3 is 9.80 Å². The SMILES string of the molecule is CCCCc1ccc(CS(=O)(=O)c2ccc(C)c(C(=O)N3CCN(C(=O)Cc4ccccc4)CC3)c2)cc1. The van der Waals surface area contributed by atoms with Crippen LogP contribution in [0.1, 0.15) is 52.4 Å². The molecule has 200 valence electrons. The van der Waals surface area contributed by atoms with Crippen molar-refractivity contribution in [2.24, 2.45) is 0 Å². The summed E-state index contributed by atoms with van der Waals surface area (Å²) in [6.45, 7) is 5.72. The maximum absolute atomic E-state index is 13.4. The van der Waals surface area contributed by atoms with Crippen LogP contribution in [-0.4, -0.2) is 56.2 Å². The van der Waals surface area contributed by atoms with Crippen LogP contribution < -0.4 is 0 Å². The summed E-state index contributed by atoms with van der Waals surface area (Å²) in [4.78, 5) is 29.7. The van der Waals surface area contributed by atoms with Crippen LogP contribution in [-0.2, 0) is 33.2 Å². The van der Waals surface area contributed by atoms with E-state index >= 15 is 0 Å². The monoisotopic (exact) mass is 532 g/mol. The number of benzene rings is 3. The van der Waals surface area contributed by atoms with Gasteiger partial charge in [-0.3, -0.25) is 9.59 Å². The summed E-state index contributed by atoms with van der Waals surface area (Å²) >= 11 is 0. The quantitative estimate of drug-likeness (QED) is 0.395. The number of nitrogens with zero attached hydrogens (tertiary/aromatic N) is 2. The summed E-state index contributed by atoms with van der Waals surface area (Å²) in [5.41, 5.74) is 4.03. The van der Waals surface area contributed by atoms with Gasteiger partial charge in [-0.1, -0.05) is 74.0 Å². The summed E-state index contributed by atoms with van der Waals surface area (Å²) in [6.07, 6.45) is 3.56. The van der Waals surface area contributed by atoms with Crippen LogP contribution in [0.2, 0.25) is 0 Å². The maximum atomic E-state index is 13.4. The molecular weight excluding hydrogens is 496 g/mol. The van der Waals surface area contributed by atoms with Crippen molar-refractivity contribution in [3.05, 3.63) is 101 Å². The Morgan fingerprint density at radius 2 is 1.42 bits per heavy atom. The van der Waals surface area contributed by atoms with E-state index in [0.717, 1.165) is 36.0 Å². The number of carbonyl (C=O) groups is 2. The zero-order valence-corrected chi connectivity index (χ0v) is 23.0. The first-order chi connectivity index (χ1) is 18.3. The zero-order valence-electron chi connectivity index (χ0n) is 22.2. The zero-order chi connectivity index (χ0) is 27.1. The normalized spacial score (nSPS) is 13.9. The number of aryl methyl sites for hydroxylation is 2. The lowest BCUT2D eigenvalue weighted by molar-refractivity contribution is -0.131. The van der Waals surface area contributed by atoms with E-state index in [2.05, 4.69) is 6.92 Å². The molecule has 3 aromatic carbocycles. The van der Waals surface area contributed by atoms with Gasteiger partial charge in [0.15, 0.2) is 9.84 Å². The predicted molar refractivity (Wildman–Crippen MR) is 150 cm³/mol. The van der Waals surface area contributed by atoms with Crippen molar-refractivity contribution in [2.75, 3.05) is 26.2 Å². The van der Waals surface area contributed by atoms with Crippen LogP contribution in [0.3, 0.4) is 0 Å². The Balaban J connectivity index is 1.40. The lowest BCUT2D eigenvalue weighted by atomic mass is 10.1. The third-order valence-electron chi connectivity index (χ3n) is 7.11. The molecule has 0 spiro atoms. The molecule has 0 aliphatic carbocycles. The van der Waals surface area contributed by atoms with Crippen molar-refractivity contribution in [1.29, 1.82) is 0 Å². The lowest BCUT2D eigenvalue weighted by Crippen LogP contribution is -2.51. The fraction of sp³-hybridized carbons (Fsp3) is 0.355. The number of sulfone groups is 1. The molecule has 1 aliphatic rings. The average molecular weight is 533 g/mol. The topological polar surface area (TPSA) is 74.8 Å². The van der Waals surface area contributed by atoms with Gasteiger partial charge >= 0.3 is 0 Å². The first kappa shape index (κ1) is 27.6. The highest BCUT2D eigenvalue weighted by Gasteiger charge is 2.27. The highest BCUT2D eigenvalue weighted by Crippen LogP contribution is 2.22. The van der Waals surface area contributed by atoms with Crippen molar-refractivity contribution >= 4 is 21.7 Å². The Morgan fingerprint density at radius 1 is 0.789 bits per heavy atom. The van der Waals surface area contributed by atoms with Crippen LogP contribution in [0.4, 0.5) is 0 Å². The Kier molecular flexibility index (Phi) is 9.00. The molecule has 1 aliphatic heterocycles. The number of unbranched alkanes of at least 4 members (excludes halogenated alkanes) is 1. The summed E-state index contributed by atoms with van der Waals surface area (Å²) in [5, 5.41) is 0. The van der Waals surface area contributed by atoms with Crippen LogP contribution in [0.5, 0.6) is 0 Å². The Bertz CT molecular complexity index is 1360. The highest BCUT2D eigenvalue weighted by molar-refractivity contribution is 7.90. The molecule has 0 radical (unpaired) electrons. The third-order valence-corrected chi connectivity index (χ3v) is 8.80. The van der Waals surface area contributed by atoms with Gasteiger partial charge in [0.25, 0.3) is 5.91 Å². The summed E-state index contributed by atoms with van der Waals surface area (Å²) < 4.78 is 26.4. The number of hydrogen-bond acceptors (Lipinski definition) is 4. The van der Waals surface area contributed by atoms with Crippen molar-refractivity contribution in [2.45, 2.75) is 50.2 Å². The third kappa shape index (κ3) is 6.90. The second-order valence-corrected chi connectivity index (χ2v) is 12.0. The molecule has 4 rings (SSSR count). The minimum absolute atomic E-state index is 0.0472. The summed E-state index contributed by atoms with van der Waals surface area (Å²) in [6, 6.07) is 22.2. The molecule has 0 N–H and O–H groups in total. The number of amides is 2. The van der Waals surface area contributed by atoms with Gasteiger partial charge in [-0.05, 0) is 54.2 Å². The van der Waals surface area contributed by atoms with Crippen LogP contribution in [0, 0.1) is 6.92 Å². The van der Waals surface area contributed by atoms with E-state index in [1.807, 2.05) is 61.5 Å². The Labute approximate surface area is 226 Å². The molecule has 6 nitrogen and oxygen atoms in total. The molecule has 0 aromatic heterocycles. The maximum Gasteiger partial charge on any atom is 0.254 e. The largest absolute Gasteiger partial charge is 0.339 e. The second kappa shape index (κ2) is 12.4. The molecular formula is C31H36N2O4S. The Morgan fingerprint density at radius 3 is 2.08 bits per heavy atom. The molecule has 1 heterocycles. The van der Waals surface area contributed by atoms with Crippen molar-refractivity contribution < 1.29 is 18.0 Å². The van der Waals surface area contributed by atoms with Crippen LogP contribution in [0.25, 0.3) is 0 Å². The second-order valence-electron chi connectivity index (χ2n) is 9.99. The fourth-order valence-electron chi connectivity index (χ4n) is 4.72. The molecule has 1 fully saturated rings. The smallest absolute Gasteiger partial charge is 0.254 e. The first-order valence-electron chi connectivity index (χ1n) is 13.3. The molecule has 0 bridgehead atoms. The van der Waals surface area contributed by atoms with E-state index in [1.54, 1.807) is 21.9 Å². The van der Waals surface area contributed by atoms with Gasteiger partial charge in [0.2, 0.25) is 5.91 Å². The molecule has 1 saturated heterocycles. The van der Waals surface area contributed by atoms with Gasteiger partial charge in [-0.25, -0.2) is 8.42 Å². The van der Waals surface area contributed by atoms with E-state index < -0.39 is 9.84 Å². The number of rotatable bonds is 9. The highest BCUT2D eigenvalue weighted by atomic mass is 32.2. The molecule has 3 aromatic rings. The molecule has 0 unspecified atom stereocenters. The van der Waals surface area contributed by atoms with E-state index in [9.17, 15) is 18.0 Å².